The third-order valence-electron chi connectivity index (χ3n) is 11.7. The molecule has 4 fully saturated rings. The number of nitrogens with one attached hydrogen (secondary N) is 1. The van der Waals surface area contributed by atoms with Crippen LogP contribution in [-0.4, -0.2) is 9.97 Å². The van der Waals surface area contributed by atoms with Crippen molar-refractivity contribution in [3.05, 3.63) is 39.9 Å². The predicted octanol–water partition coefficient (Wildman–Crippen LogP) is 7.60. The molecular formula is C31H44N2O. The van der Waals surface area contributed by atoms with Crippen molar-refractivity contribution in [3.8, 4) is 0 Å². The number of aromatic amines is 1. The zero-order valence-electron chi connectivity index (χ0n) is 21.7. The number of fused-ring (bicyclic) bond motifs is 6. The van der Waals surface area contributed by atoms with E-state index < -0.39 is 0 Å². The van der Waals surface area contributed by atoms with Gasteiger partial charge in [-0.1, -0.05) is 32.8 Å². The van der Waals surface area contributed by atoms with Crippen LogP contribution in [0.25, 0.3) is 10.9 Å². The predicted molar refractivity (Wildman–Crippen MR) is 140 cm³/mol. The van der Waals surface area contributed by atoms with Crippen LogP contribution < -0.4 is 5.56 Å². The number of nitrogens with zero attached hydrogens (tertiary/aromatic N) is 1. The van der Waals surface area contributed by atoms with Gasteiger partial charge in [-0.05, 0) is 129 Å². The summed E-state index contributed by atoms with van der Waals surface area (Å²) in [4.78, 5) is 20.4. The van der Waals surface area contributed by atoms with Gasteiger partial charge in [-0.2, -0.15) is 0 Å². The zero-order chi connectivity index (χ0) is 23.5. The van der Waals surface area contributed by atoms with E-state index in [0.29, 0.717) is 16.2 Å². The van der Waals surface area contributed by atoms with Gasteiger partial charge in [0.25, 0.3) is 5.56 Å². The Hall–Kier alpha value is -1.64. The molecule has 3 nitrogen and oxygen atoms in total. The number of H-pyrrole nitrogens is 1. The summed E-state index contributed by atoms with van der Waals surface area (Å²) < 4.78 is 0. The van der Waals surface area contributed by atoms with E-state index in [1.54, 1.807) is 0 Å². The fraction of sp³-hybridized carbons (Fsp3) is 0.742. The molecule has 34 heavy (non-hydrogen) atoms. The number of aromatic nitrogens is 2. The molecule has 4 aliphatic rings. The maximum atomic E-state index is 12.5. The van der Waals surface area contributed by atoms with Crippen LogP contribution in [0.5, 0.6) is 0 Å². The zero-order valence-corrected chi connectivity index (χ0v) is 21.7. The molecule has 1 heterocycles. The van der Waals surface area contributed by atoms with E-state index >= 15 is 0 Å². The van der Waals surface area contributed by atoms with Crippen molar-refractivity contribution in [2.24, 2.45) is 40.4 Å². The first-order chi connectivity index (χ1) is 16.4. The highest BCUT2D eigenvalue weighted by Gasteiger charge is 2.59. The molecule has 184 valence electrons. The molecule has 0 radical (unpaired) electrons. The van der Waals surface area contributed by atoms with Gasteiger partial charge < -0.3 is 4.98 Å². The number of rotatable bonds is 4. The van der Waals surface area contributed by atoms with E-state index in [-0.39, 0.29) is 5.56 Å². The van der Waals surface area contributed by atoms with Gasteiger partial charge in [0.05, 0.1) is 10.9 Å². The van der Waals surface area contributed by atoms with Crippen LogP contribution in [0.1, 0.15) is 102 Å². The van der Waals surface area contributed by atoms with Crippen molar-refractivity contribution in [2.45, 2.75) is 104 Å². The molecule has 1 aromatic heterocycles. The van der Waals surface area contributed by atoms with Gasteiger partial charge in [-0.15, -0.1) is 0 Å². The first-order valence-electron chi connectivity index (χ1n) is 14.4. The molecule has 4 saturated carbocycles. The lowest BCUT2D eigenvalue weighted by Gasteiger charge is -2.60. The number of aryl methyl sites for hydroxylation is 2. The van der Waals surface area contributed by atoms with E-state index in [1.807, 2.05) is 18.2 Å². The molecule has 0 spiro atoms. The third kappa shape index (κ3) is 3.59. The van der Waals surface area contributed by atoms with Crippen molar-refractivity contribution in [1.82, 2.24) is 9.97 Å². The normalized spacial score (nSPS) is 39.4. The molecule has 0 bridgehead atoms. The second-order valence-electron chi connectivity index (χ2n) is 13.1. The fourth-order valence-corrected chi connectivity index (χ4v) is 9.81. The summed E-state index contributed by atoms with van der Waals surface area (Å²) >= 11 is 0. The number of benzene rings is 1. The average molecular weight is 461 g/mol. The standard InChI is InChI=1S/C31H44N2O/c1-20-10-13-24-27(19-20)32-28(33-29(24)34)9-6-8-22-12-15-25-23-14-11-21-7-4-5-17-30(21,2)26(23)16-18-31(22,25)3/h10,13,19,21-23,25-26H,4-9,11-12,14-18H2,1-3H3,(H,32,33,34). The lowest BCUT2D eigenvalue weighted by Crippen LogP contribution is -2.52. The maximum Gasteiger partial charge on any atom is 0.258 e. The molecule has 3 heteroatoms. The summed E-state index contributed by atoms with van der Waals surface area (Å²) in [5.74, 6) is 5.69. The highest BCUT2D eigenvalue weighted by Crippen LogP contribution is 2.67. The maximum absolute atomic E-state index is 12.5. The van der Waals surface area contributed by atoms with Gasteiger partial charge >= 0.3 is 0 Å². The minimum Gasteiger partial charge on any atom is -0.310 e. The number of hydrogen-bond donors (Lipinski definition) is 1. The second kappa shape index (κ2) is 8.49. The molecule has 1 aromatic carbocycles. The summed E-state index contributed by atoms with van der Waals surface area (Å²) in [5, 5.41) is 0.707. The Labute approximate surface area is 205 Å². The first kappa shape index (κ1) is 22.8. The molecule has 0 aliphatic heterocycles. The van der Waals surface area contributed by atoms with E-state index in [4.69, 9.17) is 4.98 Å². The second-order valence-corrected chi connectivity index (χ2v) is 13.1. The van der Waals surface area contributed by atoms with E-state index in [2.05, 4.69) is 25.8 Å². The highest BCUT2D eigenvalue weighted by molar-refractivity contribution is 5.78. The minimum absolute atomic E-state index is 0.0121. The molecule has 4 aliphatic carbocycles. The largest absolute Gasteiger partial charge is 0.310 e. The Morgan fingerprint density at radius 2 is 1.82 bits per heavy atom. The van der Waals surface area contributed by atoms with Crippen molar-refractivity contribution in [2.75, 3.05) is 0 Å². The Bertz CT molecular complexity index is 1120. The van der Waals surface area contributed by atoms with E-state index in [1.165, 1.54) is 70.6 Å². The third-order valence-corrected chi connectivity index (χ3v) is 11.7. The SMILES string of the molecule is Cc1ccc2c(=O)[nH]c(CCCC3CCC4C5CCC6CCCCC6(C)C5CCC34C)nc2c1. The Morgan fingerprint density at radius 1 is 0.971 bits per heavy atom. The average Bonchev–Trinajstić information content (AvgIpc) is 3.15. The van der Waals surface area contributed by atoms with Crippen molar-refractivity contribution in [3.63, 3.8) is 0 Å². The van der Waals surface area contributed by atoms with Gasteiger partial charge in [-0.3, -0.25) is 4.79 Å². The van der Waals surface area contributed by atoms with Crippen LogP contribution in [0.15, 0.2) is 23.0 Å². The van der Waals surface area contributed by atoms with E-state index in [9.17, 15) is 4.79 Å². The van der Waals surface area contributed by atoms with Gasteiger partial charge in [0, 0.05) is 6.42 Å². The van der Waals surface area contributed by atoms with Crippen molar-refractivity contribution >= 4 is 10.9 Å². The summed E-state index contributed by atoms with van der Waals surface area (Å²) in [6.45, 7) is 7.43. The summed E-state index contributed by atoms with van der Waals surface area (Å²) in [7, 11) is 0. The first-order valence-corrected chi connectivity index (χ1v) is 14.4. The Morgan fingerprint density at radius 3 is 2.71 bits per heavy atom. The lowest BCUT2D eigenvalue weighted by atomic mass is 9.45. The monoisotopic (exact) mass is 460 g/mol. The van der Waals surface area contributed by atoms with Gasteiger partial charge in [0.1, 0.15) is 5.82 Å². The van der Waals surface area contributed by atoms with Crippen LogP contribution >= 0.6 is 0 Å². The Kier molecular flexibility index (Phi) is 5.69. The molecule has 7 atom stereocenters. The lowest BCUT2D eigenvalue weighted by molar-refractivity contribution is -0.111. The van der Waals surface area contributed by atoms with Crippen LogP contribution in [-0.2, 0) is 6.42 Å². The quantitative estimate of drug-likeness (QED) is 0.510. The number of hydrogen-bond acceptors (Lipinski definition) is 2. The van der Waals surface area contributed by atoms with Crippen molar-refractivity contribution in [1.29, 1.82) is 0 Å². The molecular weight excluding hydrogens is 416 g/mol. The molecule has 7 unspecified atom stereocenters. The topological polar surface area (TPSA) is 45.8 Å². The summed E-state index contributed by atoms with van der Waals surface area (Å²) in [6.07, 6.45) is 18.1. The highest BCUT2D eigenvalue weighted by atomic mass is 16.1. The van der Waals surface area contributed by atoms with Crippen molar-refractivity contribution < 1.29 is 0 Å². The van der Waals surface area contributed by atoms with Crippen LogP contribution in [0.3, 0.4) is 0 Å². The van der Waals surface area contributed by atoms with Crippen LogP contribution in [0.2, 0.25) is 0 Å². The molecule has 6 rings (SSSR count). The minimum atomic E-state index is 0.0121. The molecule has 2 aromatic rings. The summed E-state index contributed by atoms with van der Waals surface area (Å²) in [5.41, 5.74) is 3.20. The summed E-state index contributed by atoms with van der Waals surface area (Å²) in [6, 6.07) is 5.93. The molecule has 0 amide bonds. The van der Waals surface area contributed by atoms with Crippen LogP contribution in [0.4, 0.5) is 0 Å². The van der Waals surface area contributed by atoms with Crippen LogP contribution in [0, 0.1) is 47.3 Å². The molecule has 0 saturated heterocycles. The van der Waals surface area contributed by atoms with Gasteiger partial charge in [-0.25, -0.2) is 4.98 Å². The molecule has 1 N–H and O–H groups in total. The Balaban J connectivity index is 1.13. The van der Waals surface area contributed by atoms with Gasteiger partial charge in [0.2, 0.25) is 0 Å². The smallest absolute Gasteiger partial charge is 0.258 e. The van der Waals surface area contributed by atoms with Gasteiger partial charge in [0.15, 0.2) is 0 Å². The van der Waals surface area contributed by atoms with E-state index in [0.717, 1.165) is 59.3 Å². The fourth-order valence-electron chi connectivity index (χ4n) is 9.81.